The third-order valence-corrected chi connectivity index (χ3v) is 4.89. The van der Waals surface area contributed by atoms with E-state index in [0.717, 1.165) is 5.69 Å². The standard InChI is InChI=1S/C20H27F3N6O.HI/c1-3-24-19(26-14-17-6-7-27-28(17)2)25-13-15-4-5-16(12-18(15)20(21,22)23)29-8-10-30-11-9-29;/h4-7,12H,3,8-11,13-14H2,1-2H3,(H2,24,25,26);1H. The summed E-state index contributed by atoms with van der Waals surface area (Å²) in [6.45, 7) is 5.07. The van der Waals surface area contributed by atoms with Crippen LogP contribution < -0.4 is 15.5 Å². The molecule has 31 heavy (non-hydrogen) atoms. The number of alkyl halides is 3. The Balaban J connectivity index is 0.00000341. The zero-order valence-electron chi connectivity index (χ0n) is 17.6. The fraction of sp³-hybridized carbons (Fsp3) is 0.500. The first-order chi connectivity index (χ1) is 14.4. The molecule has 172 valence electrons. The van der Waals surface area contributed by atoms with Gasteiger partial charge < -0.3 is 20.3 Å². The van der Waals surface area contributed by atoms with E-state index in [1.807, 2.05) is 24.9 Å². The number of hydrogen-bond acceptors (Lipinski definition) is 4. The molecule has 1 aliphatic heterocycles. The van der Waals surface area contributed by atoms with Crippen LogP contribution in [0, 0.1) is 0 Å². The third kappa shape index (κ3) is 6.99. The Hall–Kier alpha value is -2.02. The molecule has 0 radical (unpaired) electrons. The number of anilines is 1. The van der Waals surface area contributed by atoms with Crippen molar-refractivity contribution in [2.75, 3.05) is 37.7 Å². The molecule has 1 saturated heterocycles. The van der Waals surface area contributed by atoms with Gasteiger partial charge in [0.2, 0.25) is 0 Å². The van der Waals surface area contributed by atoms with E-state index in [1.165, 1.54) is 12.1 Å². The Kier molecular flexibility index (Phi) is 9.41. The van der Waals surface area contributed by atoms with Crippen LogP contribution in [-0.4, -0.2) is 48.6 Å². The van der Waals surface area contributed by atoms with Crippen molar-refractivity contribution in [1.29, 1.82) is 0 Å². The predicted molar refractivity (Wildman–Crippen MR) is 125 cm³/mol. The monoisotopic (exact) mass is 552 g/mol. The molecule has 0 saturated carbocycles. The molecule has 11 heteroatoms. The van der Waals surface area contributed by atoms with Gasteiger partial charge in [-0.1, -0.05) is 6.07 Å². The number of nitrogens with one attached hydrogen (secondary N) is 2. The van der Waals surface area contributed by atoms with Gasteiger partial charge in [0.15, 0.2) is 5.96 Å². The molecule has 1 aromatic heterocycles. The molecule has 1 aromatic carbocycles. The highest BCUT2D eigenvalue weighted by Crippen LogP contribution is 2.35. The number of guanidine groups is 1. The van der Waals surface area contributed by atoms with Gasteiger partial charge >= 0.3 is 6.18 Å². The SMILES string of the molecule is CCNC(=NCc1ccc(N2CCOCC2)cc1C(F)(F)F)NCc1ccnn1C.I. The number of aromatic nitrogens is 2. The van der Waals surface area contributed by atoms with Crippen LogP contribution in [0.4, 0.5) is 18.9 Å². The summed E-state index contributed by atoms with van der Waals surface area (Å²) in [6.07, 6.45) is -2.76. The van der Waals surface area contributed by atoms with Crippen molar-refractivity contribution in [3.63, 3.8) is 0 Å². The van der Waals surface area contributed by atoms with E-state index < -0.39 is 11.7 Å². The van der Waals surface area contributed by atoms with Crippen LogP contribution >= 0.6 is 24.0 Å². The van der Waals surface area contributed by atoms with Gasteiger partial charge in [-0.15, -0.1) is 24.0 Å². The van der Waals surface area contributed by atoms with Crippen molar-refractivity contribution >= 4 is 35.6 Å². The highest BCUT2D eigenvalue weighted by molar-refractivity contribution is 14.0. The quantitative estimate of drug-likeness (QED) is 0.328. The van der Waals surface area contributed by atoms with Gasteiger partial charge in [-0.05, 0) is 30.7 Å². The number of hydrogen-bond donors (Lipinski definition) is 2. The summed E-state index contributed by atoms with van der Waals surface area (Å²) in [6, 6.07) is 6.32. The lowest BCUT2D eigenvalue weighted by Crippen LogP contribution is -2.37. The Labute approximate surface area is 197 Å². The minimum atomic E-state index is -4.45. The normalized spacial score (nSPS) is 14.9. The molecule has 0 amide bonds. The molecule has 2 heterocycles. The van der Waals surface area contributed by atoms with Gasteiger partial charge in [-0.3, -0.25) is 4.68 Å². The van der Waals surface area contributed by atoms with Crippen LogP contribution in [0.2, 0.25) is 0 Å². The van der Waals surface area contributed by atoms with E-state index in [9.17, 15) is 13.2 Å². The maximum absolute atomic E-state index is 13.7. The van der Waals surface area contributed by atoms with Crippen molar-refractivity contribution in [2.45, 2.75) is 26.2 Å². The molecule has 2 aromatic rings. The number of rotatable bonds is 6. The second kappa shape index (κ2) is 11.6. The molecule has 1 fully saturated rings. The lowest BCUT2D eigenvalue weighted by Gasteiger charge is -2.29. The first-order valence-electron chi connectivity index (χ1n) is 9.90. The zero-order valence-corrected chi connectivity index (χ0v) is 19.9. The number of benzene rings is 1. The van der Waals surface area contributed by atoms with Crippen LogP contribution in [-0.2, 0) is 31.1 Å². The first-order valence-corrected chi connectivity index (χ1v) is 9.90. The molecule has 0 aliphatic carbocycles. The molecular formula is C20H28F3IN6O. The lowest BCUT2D eigenvalue weighted by atomic mass is 10.1. The Morgan fingerprint density at radius 3 is 2.55 bits per heavy atom. The molecule has 0 bridgehead atoms. The van der Waals surface area contributed by atoms with Gasteiger partial charge in [-0.25, -0.2) is 4.99 Å². The number of aliphatic imine (C=N–C) groups is 1. The van der Waals surface area contributed by atoms with Crippen LogP contribution in [0.25, 0.3) is 0 Å². The first kappa shape index (κ1) is 25.2. The van der Waals surface area contributed by atoms with E-state index in [2.05, 4.69) is 20.7 Å². The molecule has 7 nitrogen and oxygen atoms in total. The van der Waals surface area contributed by atoms with Gasteiger partial charge in [0.1, 0.15) is 0 Å². The molecular weight excluding hydrogens is 524 g/mol. The number of halogens is 4. The minimum absolute atomic E-state index is 0. The Morgan fingerprint density at radius 1 is 1.19 bits per heavy atom. The summed E-state index contributed by atoms with van der Waals surface area (Å²) >= 11 is 0. The van der Waals surface area contributed by atoms with E-state index in [-0.39, 0.29) is 36.1 Å². The van der Waals surface area contributed by atoms with Crippen LogP contribution in [0.1, 0.15) is 23.7 Å². The summed E-state index contributed by atoms with van der Waals surface area (Å²) in [4.78, 5) is 6.27. The van der Waals surface area contributed by atoms with Gasteiger partial charge in [-0.2, -0.15) is 18.3 Å². The van der Waals surface area contributed by atoms with Gasteiger partial charge in [0.25, 0.3) is 0 Å². The Morgan fingerprint density at radius 2 is 1.94 bits per heavy atom. The number of ether oxygens (including phenoxy) is 1. The van der Waals surface area contributed by atoms with E-state index in [4.69, 9.17) is 4.74 Å². The maximum Gasteiger partial charge on any atom is 0.416 e. The summed E-state index contributed by atoms with van der Waals surface area (Å²) in [5.41, 5.74) is 0.973. The summed E-state index contributed by atoms with van der Waals surface area (Å²) < 4.78 is 48.2. The highest BCUT2D eigenvalue weighted by Gasteiger charge is 2.34. The molecule has 0 unspecified atom stereocenters. The van der Waals surface area contributed by atoms with Crippen molar-refractivity contribution < 1.29 is 17.9 Å². The molecule has 2 N–H and O–H groups in total. The topological polar surface area (TPSA) is 66.7 Å². The average molecular weight is 552 g/mol. The molecule has 0 atom stereocenters. The zero-order chi connectivity index (χ0) is 21.6. The van der Waals surface area contributed by atoms with Crippen molar-refractivity contribution in [3.8, 4) is 0 Å². The van der Waals surface area contributed by atoms with Crippen LogP contribution in [0.5, 0.6) is 0 Å². The largest absolute Gasteiger partial charge is 0.416 e. The Bertz CT molecular complexity index is 865. The van der Waals surface area contributed by atoms with E-state index in [1.54, 1.807) is 16.9 Å². The summed E-state index contributed by atoms with van der Waals surface area (Å²) in [5, 5.41) is 10.3. The lowest BCUT2D eigenvalue weighted by molar-refractivity contribution is -0.138. The summed E-state index contributed by atoms with van der Waals surface area (Å²) in [7, 11) is 1.83. The minimum Gasteiger partial charge on any atom is -0.378 e. The van der Waals surface area contributed by atoms with Crippen molar-refractivity contribution in [1.82, 2.24) is 20.4 Å². The van der Waals surface area contributed by atoms with E-state index >= 15 is 0 Å². The molecule has 3 rings (SSSR count). The second-order valence-electron chi connectivity index (χ2n) is 6.93. The highest BCUT2D eigenvalue weighted by atomic mass is 127. The maximum atomic E-state index is 13.7. The number of morpholine rings is 1. The second-order valence-corrected chi connectivity index (χ2v) is 6.93. The number of nitrogens with zero attached hydrogens (tertiary/aromatic N) is 4. The summed E-state index contributed by atoms with van der Waals surface area (Å²) in [5.74, 6) is 0.448. The van der Waals surface area contributed by atoms with E-state index in [0.29, 0.717) is 51.0 Å². The third-order valence-electron chi connectivity index (χ3n) is 4.89. The molecule has 0 spiro atoms. The average Bonchev–Trinajstić information content (AvgIpc) is 3.14. The smallest absolute Gasteiger partial charge is 0.378 e. The van der Waals surface area contributed by atoms with Crippen molar-refractivity contribution in [3.05, 3.63) is 47.3 Å². The predicted octanol–water partition coefficient (Wildman–Crippen LogP) is 3.15. The van der Waals surface area contributed by atoms with Crippen LogP contribution in [0.3, 0.4) is 0 Å². The van der Waals surface area contributed by atoms with Gasteiger partial charge in [0.05, 0.1) is 37.6 Å². The number of aryl methyl sites for hydroxylation is 1. The fourth-order valence-corrected chi connectivity index (χ4v) is 3.24. The van der Waals surface area contributed by atoms with Crippen molar-refractivity contribution in [2.24, 2.45) is 12.0 Å². The van der Waals surface area contributed by atoms with Crippen LogP contribution in [0.15, 0.2) is 35.5 Å². The fourth-order valence-electron chi connectivity index (χ4n) is 3.24. The molecule has 1 aliphatic rings. The van der Waals surface area contributed by atoms with Gasteiger partial charge in [0, 0.05) is 38.6 Å².